The second-order valence-electron chi connectivity index (χ2n) is 9.07. The molecule has 2 fully saturated rings. The van der Waals surface area contributed by atoms with Crippen molar-refractivity contribution in [2.24, 2.45) is 0 Å². The van der Waals surface area contributed by atoms with Gasteiger partial charge in [0.05, 0.1) is 11.3 Å². The van der Waals surface area contributed by atoms with Crippen molar-refractivity contribution >= 4 is 27.7 Å². The van der Waals surface area contributed by atoms with Crippen molar-refractivity contribution in [3.8, 4) is 0 Å². The molecule has 9 nitrogen and oxygen atoms in total. The zero-order valence-corrected chi connectivity index (χ0v) is 19.0. The van der Waals surface area contributed by atoms with Crippen molar-refractivity contribution in [2.45, 2.75) is 67.9 Å². The minimum atomic E-state index is -3.26. The number of hydrogen-bond donors (Lipinski definition) is 3. The van der Waals surface area contributed by atoms with Crippen LogP contribution >= 0.6 is 0 Å². The number of H-pyrrole nitrogens is 1. The fourth-order valence-electron chi connectivity index (χ4n) is 3.91. The molecular weight excluding hydrogens is 432 g/mol. The molecule has 0 saturated heterocycles. The number of rotatable bonds is 7. The number of amides is 2. The average Bonchev–Trinajstić information content (AvgIpc) is 3.07. The maximum atomic E-state index is 12.3. The first-order chi connectivity index (χ1) is 15.1. The lowest BCUT2D eigenvalue weighted by Gasteiger charge is -2.16. The van der Waals surface area contributed by atoms with Crippen LogP contribution in [0, 0.1) is 0 Å². The van der Waals surface area contributed by atoms with Crippen LogP contribution in [0.1, 0.15) is 56.2 Å². The summed E-state index contributed by atoms with van der Waals surface area (Å²) in [5.41, 5.74) is 1.51. The number of hydrogen-bond acceptors (Lipinski definition) is 6. The highest BCUT2D eigenvalue weighted by atomic mass is 32.2. The highest BCUT2D eigenvalue weighted by molar-refractivity contribution is 7.90. The summed E-state index contributed by atoms with van der Waals surface area (Å²) in [5.74, 6) is 0.376. The summed E-state index contributed by atoms with van der Waals surface area (Å²) in [6.07, 6.45) is 5.14. The molecule has 2 atom stereocenters. The van der Waals surface area contributed by atoms with E-state index in [1.54, 1.807) is 12.1 Å². The van der Waals surface area contributed by atoms with E-state index in [0.29, 0.717) is 17.8 Å². The summed E-state index contributed by atoms with van der Waals surface area (Å²) >= 11 is 0. The number of anilines is 1. The van der Waals surface area contributed by atoms with Crippen LogP contribution in [0.5, 0.6) is 0 Å². The number of sulfone groups is 1. The minimum Gasteiger partial charge on any atom is -0.446 e. The highest BCUT2D eigenvalue weighted by Gasteiger charge is 2.40. The molecule has 1 heterocycles. The van der Waals surface area contributed by atoms with Gasteiger partial charge in [0.25, 0.3) is 0 Å². The van der Waals surface area contributed by atoms with Crippen molar-refractivity contribution in [3.63, 3.8) is 0 Å². The highest BCUT2D eigenvalue weighted by Crippen LogP contribution is 2.37. The van der Waals surface area contributed by atoms with Gasteiger partial charge in [0.2, 0.25) is 5.91 Å². The van der Waals surface area contributed by atoms with Gasteiger partial charge in [-0.3, -0.25) is 9.89 Å². The van der Waals surface area contributed by atoms with Crippen LogP contribution in [0.25, 0.3) is 0 Å². The van der Waals surface area contributed by atoms with E-state index in [-0.39, 0.29) is 40.9 Å². The molecule has 10 heteroatoms. The predicted molar refractivity (Wildman–Crippen MR) is 118 cm³/mol. The molecule has 4 rings (SSSR count). The molecule has 32 heavy (non-hydrogen) atoms. The van der Waals surface area contributed by atoms with Gasteiger partial charge in [-0.25, -0.2) is 13.2 Å². The van der Waals surface area contributed by atoms with Crippen LogP contribution in [-0.2, 0) is 25.8 Å². The molecule has 3 N–H and O–H groups in total. The van der Waals surface area contributed by atoms with Crippen LogP contribution in [-0.4, -0.2) is 48.5 Å². The van der Waals surface area contributed by atoms with Crippen LogP contribution in [0.15, 0.2) is 35.2 Å². The smallest absolute Gasteiger partial charge is 0.407 e. The summed E-state index contributed by atoms with van der Waals surface area (Å²) in [5, 5.41) is 12.8. The molecule has 172 valence electrons. The summed E-state index contributed by atoms with van der Waals surface area (Å²) < 4.78 is 28.6. The lowest BCUT2D eigenvalue weighted by Crippen LogP contribution is -2.36. The molecule has 0 radical (unpaired) electrons. The lowest BCUT2D eigenvalue weighted by atomic mass is 10.0. The van der Waals surface area contributed by atoms with Crippen molar-refractivity contribution in [2.75, 3.05) is 11.6 Å². The molecular formula is C22H28N4O5S. The van der Waals surface area contributed by atoms with Crippen LogP contribution in [0.2, 0.25) is 0 Å². The van der Waals surface area contributed by atoms with Gasteiger partial charge in [0, 0.05) is 29.5 Å². The standard InChI is InChI=1S/C22H28N4O5S/c1-22(9-10-22)24-21(28)31-16-6-5-15(12-16)18-13-19(26-25-18)23-20(27)11-14-3-7-17(8-4-14)32(2,29)30/h3-4,7-8,13,15-16H,5-6,9-12H2,1-2H3,(H,24,28)(H2,23,25,26,27)/t15-,16+/m0/s1. The zero-order chi connectivity index (χ0) is 22.9. The first kappa shape index (κ1) is 22.3. The lowest BCUT2D eigenvalue weighted by molar-refractivity contribution is -0.115. The topological polar surface area (TPSA) is 130 Å². The van der Waals surface area contributed by atoms with E-state index in [2.05, 4.69) is 20.8 Å². The molecule has 2 aliphatic carbocycles. The molecule has 0 unspecified atom stereocenters. The van der Waals surface area contributed by atoms with Gasteiger partial charge in [-0.2, -0.15) is 5.10 Å². The SMILES string of the molecule is CC1(NC(=O)O[C@@H]2CC[C@H](c3cc(NC(=O)Cc4ccc(S(C)(=O)=O)cc4)n[nH]3)C2)CC1. The van der Waals surface area contributed by atoms with Gasteiger partial charge in [-0.05, 0) is 56.7 Å². The Kier molecular flexibility index (Phi) is 5.98. The second-order valence-corrected chi connectivity index (χ2v) is 11.1. The first-order valence-corrected chi connectivity index (χ1v) is 12.6. The van der Waals surface area contributed by atoms with Crippen LogP contribution in [0.3, 0.4) is 0 Å². The quantitative estimate of drug-likeness (QED) is 0.582. The molecule has 0 spiro atoms. The normalized spacial score (nSPS) is 21.7. The Hall–Kier alpha value is -2.88. The second kappa shape index (κ2) is 8.57. The predicted octanol–water partition coefficient (Wildman–Crippen LogP) is 2.91. The molecule has 2 aliphatic rings. The van der Waals surface area contributed by atoms with E-state index in [9.17, 15) is 18.0 Å². The van der Waals surface area contributed by atoms with Gasteiger partial charge in [0.1, 0.15) is 6.10 Å². The van der Waals surface area contributed by atoms with Gasteiger partial charge in [0.15, 0.2) is 15.7 Å². The number of carbonyl (C=O) groups is 2. The number of benzene rings is 1. The minimum absolute atomic E-state index is 0.0959. The molecule has 0 aliphatic heterocycles. The maximum Gasteiger partial charge on any atom is 0.407 e. The first-order valence-electron chi connectivity index (χ1n) is 10.7. The van der Waals surface area contributed by atoms with Crippen LogP contribution < -0.4 is 10.6 Å². The Morgan fingerprint density at radius 1 is 1.22 bits per heavy atom. The van der Waals surface area contributed by atoms with Crippen molar-refractivity contribution in [1.82, 2.24) is 15.5 Å². The van der Waals surface area contributed by atoms with Gasteiger partial charge >= 0.3 is 6.09 Å². The average molecular weight is 461 g/mol. The number of alkyl carbamates (subject to hydrolysis) is 1. The van der Waals surface area contributed by atoms with Gasteiger partial charge in [-0.1, -0.05) is 12.1 Å². The van der Waals surface area contributed by atoms with E-state index in [1.165, 1.54) is 12.1 Å². The number of nitrogens with zero attached hydrogens (tertiary/aromatic N) is 1. The summed E-state index contributed by atoms with van der Waals surface area (Å²) in [6.45, 7) is 2.01. The summed E-state index contributed by atoms with van der Waals surface area (Å²) in [4.78, 5) is 24.6. The largest absolute Gasteiger partial charge is 0.446 e. The Balaban J connectivity index is 1.26. The number of ether oxygens (including phenoxy) is 1. The Morgan fingerprint density at radius 2 is 1.94 bits per heavy atom. The Morgan fingerprint density at radius 3 is 2.59 bits per heavy atom. The third-order valence-corrected chi connectivity index (χ3v) is 7.21. The zero-order valence-electron chi connectivity index (χ0n) is 18.2. The summed E-state index contributed by atoms with van der Waals surface area (Å²) in [7, 11) is -3.26. The van der Waals surface area contributed by atoms with Crippen LogP contribution in [0.4, 0.5) is 10.6 Å². The molecule has 1 aromatic heterocycles. The monoisotopic (exact) mass is 460 g/mol. The summed E-state index contributed by atoms with van der Waals surface area (Å²) in [6, 6.07) is 8.06. The molecule has 2 saturated carbocycles. The molecule has 0 bridgehead atoms. The molecule has 1 aromatic carbocycles. The third-order valence-electron chi connectivity index (χ3n) is 6.08. The van der Waals surface area contributed by atoms with E-state index in [4.69, 9.17) is 4.74 Å². The fraction of sp³-hybridized carbons (Fsp3) is 0.500. The Labute approximate surface area is 187 Å². The van der Waals surface area contributed by atoms with E-state index in [0.717, 1.165) is 37.6 Å². The third kappa shape index (κ3) is 5.67. The van der Waals surface area contributed by atoms with E-state index >= 15 is 0 Å². The van der Waals surface area contributed by atoms with E-state index in [1.807, 2.05) is 13.0 Å². The van der Waals surface area contributed by atoms with Crippen molar-refractivity contribution in [3.05, 3.63) is 41.6 Å². The van der Waals surface area contributed by atoms with E-state index < -0.39 is 9.84 Å². The molecule has 2 aromatic rings. The number of nitrogens with one attached hydrogen (secondary N) is 3. The van der Waals surface area contributed by atoms with Crippen molar-refractivity contribution in [1.29, 1.82) is 0 Å². The van der Waals surface area contributed by atoms with Gasteiger partial charge < -0.3 is 15.4 Å². The number of carbonyl (C=O) groups excluding carboxylic acids is 2. The van der Waals surface area contributed by atoms with Crippen molar-refractivity contribution < 1.29 is 22.7 Å². The Bertz CT molecular complexity index is 1110. The molecule has 2 amide bonds. The number of aromatic amines is 1. The maximum absolute atomic E-state index is 12.3. The fourth-order valence-corrected chi connectivity index (χ4v) is 4.54. The number of aromatic nitrogens is 2. The van der Waals surface area contributed by atoms with Gasteiger partial charge in [-0.15, -0.1) is 0 Å².